The van der Waals surface area contributed by atoms with Gasteiger partial charge in [-0.05, 0) is 29.2 Å². The summed E-state index contributed by atoms with van der Waals surface area (Å²) < 4.78 is 113. The molecule has 5 rings (SSSR count). The molecule has 208 valence electrons. The van der Waals surface area contributed by atoms with E-state index in [-0.39, 0.29) is 12.1 Å². The Labute approximate surface area is 219 Å². The fraction of sp³-hybridized carbons (Fsp3) is 0.357. The van der Waals surface area contributed by atoms with Crippen LogP contribution in [0.2, 0.25) is 0 Å². The molecule has 1 heterocycles. The number of hydrogen-bond acceptors (Lipinski definition) is 4. The first kappa shape index (κ1) is 27.3. The molecule has 2 aliphatic rings. The summed E-state index contributed by atoms with van der Waals surface area (Å²) in [6, 6.07) is 12.6. The fourth-order valence-electron chi connectivity index (χ4n) is 4.60. The van der Waals surface area contributed by atoms with Crippen molar-refractivity contribution in [2.75, 3.05) is 13.2 Å². The van der Waals surface area contributed by atoms with Gasteiger partial charge in [-0.15, -0.1) is 13.2 Å². The number of rotatable bonds is 7. The van der Waals surface area contributed by atoms with Crippen LogP contribution in [-0.4, -0.2) is 19.6 Å². The number of halogens is 7. The van der Waals surface area contributed by atoms with E-state index < -0.39 is 47.5 Å². The van der Waals surface area contributed by atoms with Crippen molar-refractivity contribution in [2.45, 2.75) is 38.0 Å². The average Bonchev–Trinajstić information content (AvgIpc) is 2.85. The van der Waals surface area contributed by atoms with Crippen LogP contribution in [0.1, 0.15) is 36.7 Å². The standard InChI is InChI=1S/C28H23F7O4/c29-23-12-22(13-24(30)25(23)39-28(33,34)35)38-27(31,32)21-10-8-18(9-11-21)17-4-6-19(7-5-17)26-36-14-20(15-37-26)16-2-1-3-16/h4-13,16,20,26H,1-3,14-15H2. The van der Waals surface area contributed by atoms with Gasteiger partial charge in [-0.1, -0.05) is 55.7 Å². The number of alkyl halides is 5. The predicted octanol–water partition coefficient (Wildman–Crippen LogP) is 8.12. The van der Waals surface area contributed by atoms with E-state index >= 15 is 0 Å². The molecule has 11 heteroatoms. The van der Waals surface area contributed by atoms with Crippen LogP contribution in [0.4, 0.5) is 30.7 Å². The normalized spacial score (nSPS) is 20.4. The maximum absolute atomic E-state index is 14.7. The van der Waals surface area contributed by atoms with Gasteiger partial charge in [-0.2, -0.15) is 8.78 Å². The summed E-state index contributed by atoms with van der Waals surface area (Å²) in [6.45, 7) is 1.30. The van der Waals surface area contributed by atoms with E-state index in [1.165, 1.54) is 31.4 Å². The topological polar surface area (TPSA) is 36.9 Å². The lowest BCUT2D eigenvalue weighted by molar-refractivity contribution is -0.276. The quantitative estimate of drug-likeness (QED) is 0.276. The van der Waals surface area contributed by atoms with Crippen LogP contribution < -0.4 is 9.47 Å². The second kappa shape index (κ2) is 10.7. The van der Waals surface area contributed by atoms with Crippen LogP contribution >= 0.6 is 0 Å². The molecule has 1 saturated heterocycles. The minimum Gasteiger partial charge on any atom is -0.429 e. The summed E-state index contributed by atoms with van der Waals surface area (Å²) >= 11 is 0. The maximum atomic E-state index is 14.7. The minimum absolute atomic E-state index is 0.182. The molecule has 4 nitrogen and oxygen atoms in total. The Morgan fingerprint density at radius 2 is 1.23 bits per heavy atom. The van der Waals surface area contributed by atoms with Gasteiger partial charge in [0.2, 0.25) is 5.75 Å². The number of ether oxygens (including phenoxy) is 4. The van der Waals surface area contributed by atoms with E-state index in [0.717, 1.165) is 23.3 Å². The molecule has 1 saturated carbocycles. The summed E-state index contributed by atoms with van der Waals surface area (Å²) in [5.41, 5.74) is 1.56. The molecule has 0 aromatic heterocycles. The minimum atomic E-state index is -5.37. The first-order chi connectivity index (χ1) is 18.5. The molecule has 3 aromatic rings. The van der Waals surface area contributed by atoms with Crippen molar-refractivity contribution in [3.63, 3.8) is 0 Å². The molecule has 0 amide bonds. The number of benzene rings is 3. The highest BCUT2D eigenvalue weighted by Crippen LogP contribution is 2.39. The highest BCUT2D eigenvalue weighted by atomic mass is 19.4. The van der Waals surface area contributed by atoms with Gasteiger partial charge < -0.3 is 18.9 Å². The van der Waals surface area contributed by atoms with E-state index in [1.54, 1.807) is 12.1 Å². The van der Waals surface area contributed by atoms with Crippen molar-refractivity contribution in [3.05, 3.63) is 83.4 Å². The highest BCUT2D eigenvalue weighted by molar-refractivity contribution is 5.64. The molecular formula is C28H23F7O4. The van der Waals surface area contributed by atoms with E-state index in [1.807, 2.05) is 12.1 Å². The Bertz CT molecular complexity index is 1260. The zero-order valence-corrected chi connectivity index (χ0v) is 20.3. The first-order valence-corrected chi connectivity index (χ1v) is 12.2. The summed E-state index contributed by atoms with van der Waals surface area (Å²) in [5.74, 6) is -5.38. The lowest BCUT2D eigenvalue weighted by atomic mass is 9.76. The zero-order valence-electron chi connectivity index (χ0n) is 20.3. The molecule has 3 aromatic carbocycles. The van der Waals surface area contributed by atoms with Gasteiger partial charge in [0.25, 0.3) is 0 Å². The van der Waals surface area contributed by atoms with Crippen molar-refractivity contribution in [1.82, 2.24) is 0 Å². The SMILES string of the molecule is Fc1cc(OC(F)(F)c2ccc(-c3ccc(C4OCC(C5CCC5)CO4)cc3)cc2)cc(F)c1OC(F)(F)F. The second-order valence-corrected chi connectivity index (χ2v) is 9.53. The van der Waals surface area contributed by atoms with Gasteiger partial charge in [0.05, 0.1) is 18.8 Å². The van der Waals surface area contributed by atoms with Crippen LogP contribution in [-0.2, 0) is 15.6 Å². The van der Waals surface area contributed by atoms with Gasteiger partial charge in [-0.25, -0.2) is 8.78 Å². The molecule has 2 fully saturated rings. The molecule has 0 spiro atoms. The molecule has 0 atom stereocenters. The smallest absolute Gasteiger partial charge is 0.429 e. The van der Waals surface area contributed by atoms with Crippen molar-refractivity contribution in [2.24, 2.45) is 11.8 Å². The van der Waals surface area contributed by atoms with Crippen LogP contribution in [0.5, 0.6) is 11.5 Å². The summed E-state index contributed by atoms with van der Waals surface area (Å²) in [6.07, 6.45) is -6.17. The molecule has 1 aliphatic heterocycles. The molecule has 39 heavy (non-hydrogen) atoms. The molecule has 1 aliphatic carbocycles. The van der Waals surface area contributed by atoms with Crippen molar-refractivity contribution in [1.29, 1.82) is 0 Å². The van der Waals surface area contributed by atoms with E-state index in [9.17, 15) is 30.7 Å². The third-order valence-electron chi connectivity index (χ3n) is 6.91. The Kier molecular flexibility index (Phi) is 7.47. The molecule has 0 N–H and O–H groups in total. The third-order valence-corrected chi connectivity index (χ3v) is 6.91. The lowest BCUT2D eigenvalue weighted by Gasteiger charge is -2.38. The van der Waals surface area contributed by atoms with Crippen LogP contribution in [0.25, 0.3) is 11.1 Å². The van der Waals surface area contributed by atoms with E-state index in [2.05, 4.69) is 9.47 Å². The average molecular weight is 556 g/mol. The Balaban J connectivity index is 1.23. The Morgan fingerprint density at radius 1 is 0.692 bits per heavy atom. The maximum Gasteiger partial charge on any atom is 0.573 e. The predicted molar refractivity (Wildman–Crippen MR) is 125 cm³/mol. The van der Waals surface area contributed by atoms with Crippen molar-refractivity contribution < 1.29 is 49.7 Å². The van der Waals surface area contributed by atoms with Gasteiger partial charge >= 0.3 is 12.5 Å². The summed E-state index contributed by atoms with van der Waals surface area (Å²) in [4.78, 5) is 0. The second-order valence-electron chi connectivity index (χ2n) is 9.53. The summed E-state index contributed by atoms with van der Waals surface area (Å²) in [5, 5.41) is 0. The number of hydrogen-bond donors (Lipinski definition) is 0. The summed E-state index contributed by atoms with van der Waals surface area (Å²) in [7, 11) is 0. The molecular weight excluding hydrogens is 533 g/mol. The van der Waals surface area contributed by atoms with Gasteiger partial charge in [0.1, 0.15) is 5.75 Å². The van der Waals surface area contributed by atoms with Gasteiger partial charge in [0.15, 0.2) is 17.9 Å². The molecule has 0 unspecified atom stereocenters. The van der Waals surface area contributed by atoms with Crippen LogP contribution in [0.3, 0.4) is 0 Å². The third kappa shape index (κ3) is 6.30. The fourth-order valence-corrected chi connectivity index (χ4v) is 4.60. The Morgan fingerprint density at radius 3 is 1.72 bits per heavy atom. The zero-order chi connectivity index (χ0) is 27.8. The lowest BCUT2D eigenvalue weighted by Crippen LogP contribution is -2.35. The van der Waals surface area contributed by atoms with E-state index in [0.29, 0.717) is 30.6 Å². The molecule has 0 radical (unpaired) electrons. The van der Waals surface area contributed by atoms with Gasteiger partial charge in [-0.3, -0.25) is 0 Å². The Hall–Kier alpha value is -3.31. The van der Waals surface area contributed by atoms with Crippen LogP contribution in [0, 0.1) is 23.5 Å². The largest absolute Gasteiger partial charge is 0.573 e. The molecule has 0 bridgehead atoms. The monoisotopic (exact) mass is 556 g/mol. The highest BCUT2D eigenvalue weighted by Gasteiger charge is 2.37. The van der Waals surface area contributed by atoms with Crippen molar-refractivity contribution >= 4 is 0 Å². The van der Waals surface area contributed by atoms with Crippen molar-refractivity contribution in [3.8, 4) is 22.6 Å². The van der Waals surface area contributed by atoms with Gasteiger partial charge in [0, 0.05) is 23.6 Å². The van der Waals surface area contributed by atoms with Crippen LogP contribution in [0.15, 0.2) is 60.7 Å². The first-order valence-electron chi connectivity index (χ1n) is 12.2. The van der Waals surface area contributed by atoms with E-state index in [4.69, 9.17) is 9.47 Å².